The number of benzene rings is 1. The molecule has 0 saturated heterocycles. The molecule has 0 radical (unpaired) electrons. The van der Waals surface area contributed by atoms with Crippen molar-refractivity contribution in [2.24, 2.45) is 0 Å². The summed E-state index contributed by atoms with van der Waals surface area (Å²) in [5.41, 5.74) is 3.44. The fraction of sp³-hybridized carbons (Fsp3) is 0.462. The number of hydrogen-bond acceptors (Lipinski definition) is 2. The standard InChI is InChI=1S/C13H19NO2/c1-9-6-5-7-10(2)13(9)11(14(3)4)8-12(15)16/h5-7,11H,8H2,1-4H3,(H,15,16). The molecule has 3 nitrogen and oxygen atoms in total. The molecule has 0 saturated carbocycles. The van der Waals surface area contributed by atoms with Gasteiger partial charge in [0.2, 0.25) is 0 Å². The predicted octanol–water partition coefficient (Wildman–Crippen LogP) is 2.38. The average Bonchev–Trinajstić information content (AvgIpc) is 2.15. The van der Waals surface area contributed by atoms with Gasteiger partial charge in [0.05, 0.1) is 6.42 Å². The Kier molecular flexibility index (Phi) is 4.07. The van der Waals surface area contributed by atoms with Gasteiger partial charge in [-0.1, -0.05) is 18.2 Å². The number of nitrogens with zero attached hydrogens (tertiary/aromatic N) is 1. The van der Waals surface area contributed by atoms with E-state index in [9.17, 15) is 4.79 Å². The highest BCUT2D eigenvalue weighted by Gasteiger charge is 2.20. The summed E-state index contributed by atoms with van der Waals surface area (Å²) < 4.78 is 0. The third kappa shape index (κ3) is 2.83. The van der Waals surface area contributed by atoms with Gasteiger partial charge in [-0.3, -0.25) is 4.79 Å². The van der Waals surface area contributed by atoms with Crippen molar-refractivity contribution in [3.05, 3.63) is 34.9 Å². The molecule has 0 aromatic heterocycles. The minimum atomic E-state index is -0.763. The Labute approximate surface area is 96.7 Å². The minimum Gasteiger partial charge on any atom is -0.481 e. The molecule has 1 aromatic carbocycles. The van der Waals surface area contributed by atoms with E-state index >= 15 is 0 Å². The smallest absolute Gasteiger partial charge is 0.305 e. The van der Waals surface area contributed by atoms with Crippen molar-refractivity contribution in [1.82, 2.24) is 4.90 Å². The lowest BCUT2D eigenvalue weighted by molar-refractivity contribution is -0.138. The van der Waals surface area contributed by atoms with Crippen LogP contribution < -0.4 is 0 Å². The lowest BCUT2D eigenvalue weighted by atomic mass is 9.93. The van der Waals surface area contributed by atoms with Gasteiger partial charge >= 0.3 is 5.97 Å². The summed E-state index contributed by atoms with van der Waals surface area (Å²) >= 11 is 0. The van der Waals surface area contributed by atoms with Gasteiger partial charge in [-0.15, -0.1) is 0 Å². The summed E-state index contributed by atoms with van der Waals surface area (Å²) in [5, 5.41) is 8.95. The molecule has 1 atom stereocenters. The predicted molar refractivity (Wildman–Crippen MR) is 64.6 cm³/mol. The fourth-order valence-electron chi connectivity index (χ4n) is 2.06. The molecular formula is C13H19NO2. The van der Waals surface area contributed by atoms with Gasteiger partial charge < -0.3 is 10.0 Å². The lowest BCUT2D eigenvalue weighted by Crippen LogP contribution is -2.24. The monoisotopic (exact) mass is 221 g/mol. The molecule has 16 heavy (non-hydrogen) atoms. The molecule has 1 unspecified atom stereocenters. The molecule has 3 heteroatoms. The second-order valence-corrected chi connectivity index (χ2v) is 4.38. The van der Waals surface area contributed by atoms with E-state index in [-0.39, 0.29) is 12.5 Å². The molecule has 0 aliphatic heterocycles. The van der Waals surface area contributed by atoms with Crippen molar-refractivity contribution in [2.75, 3.05) is 14.1 Å². The topological polar surface area (TPSA) is 40.5 Å². The Morgan fingerprint density at radius 2 is 1.81 bits per heavy atom. The number of rotatable bonds is 4. The van der Waals surface area contributed by atoms with E-state index < -0.39 is 5.97 Å². The first-order chi connectivity index (χ1) is 7.43. The van der Waals surface area contributed by atoms with E-state index in [2.05, 4.69) is 0 Å². The first kappa shape index (κ1) is 12.7. The zero-order valence-electron chi connectivity index (χ0n) is 10.3. The molecule has 0 spiro atoms. The normalized spacial score (nSPS) is 12.8. The quantitative estimate of drug-likeness (QED) is 0.848. The van der Waals surface area contributed by atoms with Gasteiger partial charge in [0.15, 0.2) is 0 Å². The van der Waals surface area contributed by atoms with Crippen LogP contribution in [-0.2, 0) is 4.79 Å². The van der Waals surface area contributed by atoms with Crippen molar-refractivity contribution >= 4 is 5.97 Å². The number of carboxylic acid groups (broad SMARTS) is 1. The summed E-state index contributed by atoms with van der Waals surface area (Å²) in [6.45, 7) is 4.06. The van der Waals surface area contributed by atoms with E-state index in [1.165, 1.54) is 0 Å². The van der Waals surface area contributed by atoms with Gasteiger partial charge in [-0.25, -0.2) is 0 Å². The van der Waals surface area contributed by atoms with Crippen LogP contribution in [0.1, 0.15) is 29.2 Å². The first-order valence-electron chi connectivity index (χ1n) is 5.37. The second-order valence-electron chi connectivity index (χ2n) is 4.38. The van der Waals surface area contributed by atoms with Crippen molar-refractivity contribution in [2.45, 2.75) is 26.3 Å². The van der Waals surface area contributed by atoms with Crippen molar-refractivity contribution in [3.63, 3.8) is 0 Å². The van der Waals surface area contributed by atoms with Gasteiger partial charge in [0.1, 0.15) is 0 Å². The highest BCUT2D eigenvalue weighted by Crippen LogP contribution is 2.28. The number of carboxylic acids is 1. The van der Waals surface area contributed by atoms with Crippen LogP contribution in [0.15, 0.2) is 18.2 Å². The molecule has 0 aliphatic carbocycles. The molecule has 88 valence electrons. The van der Waals surface area contributed by atoms with Crippen LogP contribution in [0, 0.1) is 13.8 Å². The average molecular weight is 221 g/mol. The van der Waals surface area contributed by atoms with E-state index in [0.717, 1.165) is 16.7 Å². The van der Waals surface area contributed by atoms with E-state index in [0.29, 0.717) is 0 Å². The third-order valence-corrected chi connectivity index (χ3v) is 2.87. The zero-order valence-corrected chi connectivity index (χ0v) is 10.3. The Morgan fingerprint density at radius 3 is 2.19 bits per heavy atom. The van der Waals surface area contributed by atoms with Crippen LogP contribution in [-0.4, -0.2) is 30.1 Å². The van der Waals surface area contributed by atoms with Gasteiger partial charge in [0.25, 0.3) is 0 Å². The van der Waals surface area contributed by atoms with E-state index in [1.54, 1.807) is 0 Å². The molecule has 1 rings (SSSR count). The highest BCUT2D eigenvalue weighted by atomic mass is 16.4. The van der Waals surface area contributed by atoms with Crippen LogP contribution in [0.3, 0.4) is 0 Å². The fourth-order valence-corrected chi connectivity index (χ4v) is 2.06. The Hall–Kier alpha value is -1.35. The van der Waals surface area contributed by atoms with Crippen molar-refractivity contribution < 1.29 is 9.90 Å². The van der Waals surface area contributed by atoms with Gasteiger partial charge in [-0.05, 0) is 44.6 Å². The molecule has 0 fully saturated rings. The molecule has 0 aliphatic rings. The van der Waals surface area contributed by atoms with Crippen molar-refractivity contribution in [1.29, 1.82) is 0 Å². The third-order valence-electron chi connectivity index (χ3n) is 2.87. The number of aliphatic carboxylic acids is 1. The minimum absolute atomic E-state index is 0.0568. The summed E-state index contributed by atoms with van der Waals surface area (Å²) in [4.78, 5) is 12.8. The highest BCUT2D eigenvalue weighted by molar-refractivity contribution is 5.68. The molecule has 0 bridgehead atoms. The van der Waals surface area contributed by atoms with Crippen molar-refractivity contribution in [3.8, 4) is 0 Å². The maximum atomic E-state index is 10.9. The van der Waals surface area contributed by atoms with E-state index in [4.69, 9.17) is 5.11 Å². The first-order valence-corrected chi connectivity index (χ1v) is 5.37. The van der Waals surface area contributed by atoms with Crippen LogP contribution in [0.25, 0.3) is 0 Å². The maximum absolute atomic E-state index is 10.9. The summed E-state index contributed by atoms with van der Waals surface area (Å²) in [5.74, 6) is -0.763. The molecule has 0 heterocycles. The van der Waals surface area contributed by atoms with Crippen LogP contribution in [0.2, 0.25) is 0 Å². The number of aryl methyl sites for hydroxylation is 2. The van der Waals surface area contributed by atoms with Crippen LogP contribution >= 0.6 is 0 Å². The van der Waals surface area contributed by atoms with Gasteiger partial charge in [-0.2, -0.15) is 0 Å². The largest absolute Gasteiger partial charge is 0.481 e. The van der Waals surface area contributed by atoms with E-state index in [1.807, 2.05) is 51.0 Å². The van der Waals surface area contributed by atoms with Crippen LogP contribution in [0.4, 0.5) is 0 Å². The molecule has 1 N–H and O–H groups in total. The zero-order chi connectivity index (χ0) is 12.3. The molecular weight excluding hydrogens is 202 g/mol. The summed E-state index contributed by atoms with van der Waals surface area (Å²) in [6, 6.07) is 6.00. The number of hydrogen-bond donors (Lipinski definition) is 1. The maximum Gasteiger partial charge on any atom is 0.305 e. The summed E-state index contributed by atoms with van der Waals surface area (Å²) in [7, 11) is 3.83. The second kappa shape index (κ2) is 5.12. The Balaban J connectivity index is 3.15. The Morgan fingerprint density at radius 1 is 1.31 bits per heavy atom. The van der Waals surface area contributed by atoms with Gasteiger partial charge in [0, 0.05) is 6.04 Å². The molecule has 1 aromatic rings. The summed E-state index contributed by atoms with van der Waals surface area (Å²) in [6.07, 6.45) is 0.138. The lowest BCUT2D eigenvalue weighted by Gasteiger charge is -2.26. The molecule has 0 amide bonds. The Bertz CT molecular complexity index is 365. The van der Waals surface area contributed by atoms with Crippen LogP contribution in [0.5, 0.6) is 0 Å². The SMILES string of the molecule is Cc1cccc(C)c1C(CC(=O)O)N(C)C. The number of carbonyl (C=O) groups is 1.